The van der Waals surface area contributed by atoms with Crippen LogP contribution in [0.4, 0.5) is 0 Å². The predicted octanol–water partition coefficient (Wildman–Crippen LogP) is 16.1. The average molecular weight is 1360 g/mol. The van der Waals surface area contributed by atoms with E-state index in [1.54, 1.807) is 7.11 Å². The van der Waals surface area contributed by atoms with Crippen molar-refractivity contribution in [3.8, 4) is 0 Å². The number of aliphatic hydroxyl groups excluding tert-OH is 1. The fourth-order valence-electron chi connectivity index (χ4n) is 12.3. The maximum Gasteiger partial charge on any atom is 0.470 e. The van der Waals surface area contributed by atoms with E-state index >= 15 is 0 Å². The second-order valence-electron chi connectivity index (χ2n) is 26.0. The topological polar surface area (TPSA) is 266 Å². The monoisotopic (exact) mass is 1360 g/mol. The van der Waals surface area contributed by atoms with Crippen LogP contribution in [-0.2, 0) is 65.6 Å². The van der Waals surface area contributed by atoms with Crippen LogP contribution < -0.4 is 5.32 Å². The molecule has 0 aliphatic carbocycles. The van der Waals surface area contributed by atoms with Gasteiger partial charge < -0.3 is 72.6 Å². The molecule has 0 aromatic carbocycles. The fourth-order valence-corrected chi connectivity index (χ4v) is 13.2. The number of aliphatic hydroxyl groups is 1. The minimum Gasteiger partial charge on any atom is -0.387 e. The smallest absolute Gasteiger partial charge is 0.387 e. The van der Waals surface area contributed by atoms with Crippen molar-refractivity contribution < 1.29 is 90.3 Å². The molecule has 0 radical (unpaired) electrons. The van der Waals surface area contributed by atoms with Crippen LogP contribution in [0.3, 0.4) is 0 Å². The Bertz CT molecular complexity index is 1810. The minimum absolute atomic E-state index is 0.0706. The summed E-state index contributed by atoms with van der Waals surface area (Å²) in [7, 11) is -6.99. The zero-order chi connectivity index (χ0) is 67.2. The van der Waals surface area contributed by atoms with Crippen molar-refractivity contribution >= 4 is 21.6 Å². The molecular formula is C70H137NO19P2. The lowest BCUT2D eigenvalue weighted by atomic mass is 9.95. The van der Waals surface area contributed by atoms with Gasteiger partial charge >= 0.3 is 15.6 Å². The van der Waals surface area contributed by atoms with E-state index in [0.29, 0.717) is 26.1 Å². The Morgan fingerprint density at radius 1 is 0.446 bits per heavy atom. The molecule has 0 bridgehead atoms. The molecule has 0 unspecified atom stereocenters. The number of unbranched alkanes of at least 4 members (excludes halogenated alkanes) is 35. The van der Waals surface area contributed by atoms with E-state index in [1.165, 1.54) is 123 Å². The molecule has 2 rings (SSSR count). The highest BCUT2D eigenvalue weighted by atomic mass is 31.2. The number of allylic oxidation sites excluding steroid dienone is 2. The number of hydrogen-bond acceptors (Lipinski definition) is 15. The number of rotatable bonds is 65. The first-order valence-electron chi connectivity index (χ1n) is 37.1. The lowest BCUT2D eigenvalue weighted by Crippen LogP contribution is -2.67. The summed E-state index contributed by atoms with van der Waals surface area (Å²) in [6, 6.07) is -1.21. The van der Waals surface area contributed by atoms with Gasteiger partial charge in [-0.3, -0.25) is 13.8 Å². The average Bonchev–Trinajstić information content (AvgIpc) is 0.814. The van der Waals surface area contributed by atoms with Gasteiger partial charge in [-0.2, -0.15) is 0 Å². The summed E-state index contributed by atoms with van der Waals surface area (Å²) >= 11 is 0. The summed E-state index contributed by atoms with van der Waals surface area (Å²) in [6.45, 7) is 8.19. The summed E-state index contributed by atoms with van der Waals surface area (Å²) in [5.74, 6) is -0.349. The van der Waals surface area contributed by atoms with Gasteiger partial charge in [0, 0.05) is 40.5 Å². The zero-order valence-electron chi connectivity index (χ0n) is 58.7. The maximum atomic E-state index is 14.2. The van der Waals surface area contributed by atoms with Crippen LogP contribution in [0.1, 0.15) is 304 Å². The van der Waals surface area contributed by atoms with Crippen molar-refractivity contribution in [2.24, 2.45) is 0 Å². The van der Waals surface area contributed by atoms with Crippen LogP contribution in [-0.4, -0.2) is 159 Å². The molecule has 2 aliphatic rings. The highest BCUT2D eigenvalue weighted by Gasteiger charge is 2.53. The summed E-state index contributed by atoms with van der Waals surface area (Å²) in [5, 5.41) is 15.5. The predicted molar refractivity (Wildman–Crippen MR) is 364 cm³/mol. The van der Waals surface area contributed by atoms with Gasteiger partial charge in [-0.1, -0.05) is 252 Å². The van der Waals surface area contributed by atoms with Crippen LogP contribution in [0.25, 0.3) is 0 Å². The quantitative estimate of drug-likeness (QED) is 0.0188. The molecule has 0 spiro atoms. The first-order chi connectivity index (χ1) is 44.6. The Morgan fingerprint density at radius 2 is 0.891 bits per heavy atom. The summed E-state index contributed by atoms with van der Waals surface area (Å²) < 4.78 is 92.0. The Morgan fingerprint density at radius 3 is 1.38 bits per heavy atom. The van der Waals surface area contributed by atoms with Gasteiger partial charge in [0.2, 0.25) is 5.91 Å². The number of carbonyl (C=O) groups excluding carboxylic acids is 1. The zero-order valence-corrected chi connectivity index (χ0v) is 60.5. The lowest BCUT2D eigenvalue weighted by Gasteiger charge is -2.47. The number of amides is 1. The Labute approximate surface area is 558 Å². The molecule has 2 fully saturated rings. The highest BCUT2D eigenvalue weighted by molar-refractivity contribution is 7.46. The molecule has 0 saturated carbocycles. The van der Waals surface area contributed by atoms with E-state index in [-0.39, 0.29) is 44.9 Å². The third-order valence-electron chi connectivity index (χ3n) is 17.7. The van der Waals surface area contributed by atoms with Gasteiger partial charge in [-0.05, 0) is 57.8 Å². The Hall–Kier alpha value is -0.970. The van der Waals surface area contributed by atoms with E-state index in [0.717, 1.165) is 141 Å². The van der Waals surface area contributed by atoms with Gasteiger partial charge in [-0.25, -0.2) is 9.13 Å². The molecule has 2 heterocycles. The minimum atomic E-state index is -5.22. The van der Waals surface area contributed by atoms with E-state index in [2.05, 4.69) is 45.2 Å². The van der Waals surface area contributed by atoms with Gasteiger partial charge in [-0.15, -0.1) is 0 Å². The fraction of sp³-hybridized carbons (Fsp3) is 0.957. The van der Waals surface area contributed by atoms with Gasteiger partial charge in [0.25, 0.3) is 0 Å². The van der Waals surface area contributed by atoms with Crippen molar-refractivity contribution in [2.45, 2.75) is 371 Å². The Balaban J connectivity index is 2.44. The SMILES string of the molecule is CCCCCC/C=C\CCCCCCCCCC(=O)N[C@H]1[C@H](OC[C@H]2O[C@H](OCCOP(=O)(O)O)[C@H](OCCCCCCCCCCCCCC)[C@@H](OCCCCCCCCCCCC)[C@@H]2O)O[C@H](COC)[C@@H](OP(=O)(O)O)[C@@H]1OCC[C@@H](CCCCCCC)OC. The summed E-state index contributed by atoms with van der Waals surface area (Å²) in [4.78, 5) is 54.1. The number of phosphoric ester groups is 2. The van der Waals surface area contributed by atoms with Crippen LogP contribution >= 0.6 is 15.6 Å². The number of methoxy groups -OCH3 is 2. The number of carbonyl (C=O) groups is 1. The van der Waals surface area contributed by atoms with Crippen molar-refractivity contribution in [3.05, 3.63) is 12.2 Å². The second-order valence-corrected chi connectivity index (χ2v) is 28.4. The number of ether oxygens (including phenoxy) is 9. The molecule has 22 heteroatoms. The number of phosphoric acid groups is 2. The normalized spacial score (nSPS) is 22.6. The van der Waals surface area contributed by atoms with Crippen LogP contribution in [0, 0.1) is 0 Å². The molecule has 2 aliphatic heterocycles. The molecule has 0 aromatic heterocycles. The molecule has 6 N–H and O–H groups in total. The summed E-state index contributed by atoms with van der Waals surface area (Å²) in [5.41, 5.74) is 0. The molecule has 92 heavy (non-hydrogen) atoms. The molecule has 11 atom stereocenters. The molecule has 546 valence electrons. The largest absolute Gasteiger partial charge is 0.470 e. The van der Waals surface area contributed by atoms with Crippen LogP contribution in [0.5, 0.6) is 0 Å². The first kappa shape index (κ1) is 87.1. The maximum absolute atomic E-state index is 14.2. The van der Waals surface area contributed by atoms with Gasteiger partial charge in [0.05, 0.1) is 32.5 Å². The van der Waals surface area contributed by atoms with Crippen molar-refractivity contribution in [2.75, 3.05) is 60.5 Å². The van der Waals surface area contributed by atoms with E-state index in [1.807, 2.05) is 0 Å². The second kappa shape index (κ2) is 57.9. The third kappa shape index (κ3) is 44.8. The third-order valence-corrected chi connectivity index (χ3v) is 18.8. The number of nitrogens with one attached hydrogen (secondary N) is 1. The number of hydrogen-bond donors (Lipinski definition) is 6. The lowest BCUT2D eigenvalue weighted by molar-refractivity contribution is -0.331. The first-order valence-corrected chi connectivity index (χ1v) is 40.2. The summed E-state index contributed by atoms with van der Waals surface area (Å²) in [6.07, 6.45) is 39.8. The molecule has 1 amide bonds. The van der Waals surface area contributed by atoms with Crippen molar-refractivity contribution in [1.82, 2.24) is 5.32 Å². The van der Waals surface area contributed by atoms with Gasteiger partial charge in [0.1, 0.15) is 48.8 Å². The van der Waals surface area contributed by atoms with Crippen LogP contribution in [0.15, 0.2) is 12.2 Å². The highest BCUT2D eigenvalue weighted by Crippen LogP contribution is 2.43. The molecule has 20 nitrogen and oxygen atoms in total. The van der Waals surface area contributed by atoms with Crippen molar-refractivity contribution in [1.29, 1.82) is 0 Å². The van der Waals surface area contributed by atoms with E-state index in [4.69, 9.17) is 51.7 Å². The van der Waals surface area contributed by atoms with Crippen LogP contribution in [0.2, 0.25) is 0 Å². The van der Waals surface area contributed by atoms with Crippen molar-refractivity contribution in [3.63, 3.8) is 0 Å². The van der Waals surface area contributed by atoms with Gasteiger partial charge in [0.15, 0.2) is 12.6 Å². The molecular weight excluding hydrogens is 1220 g/mol. The molecule has 2 saturated heterocycles. The Kier molecular flexibility index (Phi) is 54.8. The van der Waals surface area contributed by atoms with E-state index in [9.17, 15) is 38.6 Å². The standard InChI is InChI=1S/C70H137NO19P2/c1-7-11-15-19-22-25-28-30-31-32-33-35-38-42-46-50-62(72)71-63-66(84-54-51-59(81-6)49-45-41-18-14-10-4)65(90-92(77,78)79)61(57-80-5)89-69(63)86-58-60-64(73)67(82-52-47-43-39-36-27-24-21-17-13-9-3)68(70(88-60)85-55-56-87-91(74,75)76)83-53-48-44-40-37-34-29-26-23-20-16-12-8-2/h25,28,59-61,63-70,73H,7-24,26-27,29-58H2,1-6H3,(H,71,72)(H2,74,75,76)(H2,77,78,79)/b28-25-/t59-,60-,61-,63-,64-,65-,66-,67+,68-,69-,70+/m1/s1. The molecule has 0 aromatic rings. The van der Waals surface area contributed by atoms with E-state index < -0.39 is 83.6 Å².